The zero-order valence-corrected chi connectivity index (χ0v) is 13.1. The Kier molecular flexibility index (Phi) is 5.80. The molecule has 0 bridgehead atoms. The second-order valence-corrected chi connectivity index (χ2v) is 6.12. The number of nitrogens with two attached hydrogens (primary N) is 2. The number of rotatable bonds is 6. The summed E-state index contributed by atoms with van der Waals surface area (Å²) >= 11 is 0. The van der Waals surface area contributed by atoms with Crippen LogP contribution in [-0.4, -0.2) is 19.6 Å². The van der Waals surface area contributed by atoms with E-state index in [0.717, 1.165) is 12.3 Å². The maximum atomic E-state index is 12.6. The fourth-order valence-corrected chi connectivity index (χ4v) is 2.25. The van der Waals surface area contributed by atoms with Crippen LogP contribution < -0.4 is 16.2 Å². The molecule has 6 N–H and O–H groups in total. The van der Waals surface area contributed by atoms with Gasteiger partial charge in [-0.3, -0.25) is 10.1 Å². The second-order valence-electron chi connectivity index (χ2n) is 4.45. The normalized spacial score (nSPS) is 13.0. The van der Waals surface area contributed by atoms with Gasteiger partial charge in [0.2, 0.25) is 0 Å². The third-order valence-corrected chi connectivity index (χ3v) is 3.82. The molecular formula is C14H15F3N4O2S. The summed E-state index contributed by atoms with van der Waals surface area (Å²) in [4.78, 5) is 0. The number of alkyl halides is 3. The average molecular weight is 360 g/mol. The number of sulfonamides is 1. The Morgan fingerprint density at radius 3 is 2.46 bits per heavy atom. The Labute approximate surface area is 136 Å². The van der Waals surface area contributed by atoms with Gasteiger partial charge in [-0.05, 0) is 30.5 Å². The third kappa shape index (κ3) is 4.38. The minimum Gasteiger partial charge on any atom is -0.405 e. The van der Waals surface area contributed by atoms with Gasteiger partial charge in [-0.15, -0.1) is 0 Å². The van der Waals surface area contributed by atoms with Crippen LogP contribution in [0, 0.1) is 5.41 Å². The maximum Gasteiger partial charge on any atom is 0.516 e. The molecule has 0 spiro atoms. The second kappa shape index (κ2) is 7.21. The van der Waals surface area contributed by atoms with Crippen molar-refractivity contribution in [1.29, 1.82) is 5.41 Å². The molecule has 0 saturated heterocycles. The van der Waals surface area contributed by atoms with Gasteiger partial charge in [0.05, 0.1) is 11.4 Å². The van der Waals surface area contributed by atoms with Gasteiger partial charge in [-0.2, -0.15) is 21.6 Å². The van der Waals surface area contributed by atoms with E-state index >= 15 is 0 Å². The van der Waals surface area contributed by atoms with E-state index in [1.807, 2.05) is 0 Å². The molecule has 0 aliphatic heterocycles. The van der Waals surface area contributed by atoms with Crippen molar-refractivity contribution in [2.45, 2.75) is 5.51 Å². The van der Waals surface area contributed by atoms with Crippen LogP contribution in [0.15, 0.2) is 54.8 Å². The zero-order valence-electron chi connectivity index (χ0n) is 12.3. The van der Waals surface area contributed by atoms with Crippen molar-refractivity contribution in [1.82, 2.24) is 0 Å². The van der Waals surface area contributed by atoms with Gasteiger partial charge in [-0.1, -0.05) is 18.7 Å². The molecule has 10 heteroatoms. The quantitative estimate of drug-likeness (QED) is 0.354. The minimum atomic E-state index is -5.64. The molecule has 0 fully saturated rings. The predicted octanol–water partition coefficient (Wildman–Crippen LogP) is 2.48. The molecule has 1 aromatic rings. The lowest BCUT2D eigenvalue weighted by Gasteiger charge is -2.15. The van der Waals surface area contributed by atoms with Gasteiger partial charge in [0.15, 0.2) is 0 Å². The van der Waals surface area contributed by atoms with Crippen LogP contribution in [0.3, 0.4) is 0 Å². The van der Waals surface area contributed by atoms with Crippen molar-refractivity contribution >= 4 is 27.1 Å². The van der Waals surface area contributed by atoms with E-state index in [1.165, 1.54) is 35.1 Å². The number of halogens is 3. The first-order valence-corrected chi connectivity index (χ1v) is 7.80. The van der Waals surface area contributed by atoms with E-state index in [9.17, 15) is 21.6 Å². The van der Waals surface area contributed by atoms with Gasteiger partial charge in [0, 0.05) is 16.8 Å². The predicted molar refractivity (Wildman–Crippen MR) is 87.9 cm³/mol. The Morgan fingerprint density at radius 1 is 1.33 bits per heavy atom. The number of hydrogen-bond donors (Lipinski definition) is 4. The minimum absolute atomic E-state index is 0.138. The van der Waals surface area contributed by atoms with Gasteiger partial charge in [-0.25, -0.2) is 0 Å². The molecule has 0 radical (unpaired) electrons. The zero-order chi connectivity index (χ0) is 18.5. The van der Waals surface area contributed by atoms with Crippen LogP contribution in [0.1, 0.15) is 5.56 Å². The first-order valence-electron chi connectivity index (χ1n) is 6.32. The summed E-state index contributed by atoms with van der Waals surface area (Å²) in [5, 5.41) is 8.10. The summed E-state index contributed by atoms with van der Waals surface area (Å²) in [6.07, 6.45) is 5.16. The molecule has 130 valence electrons. The van der Waals surface area contributed by atoms with Gasteiger partial charge < -0.3 is 11.5 Å². The molecule has 1 rings (SSSR count). The standard InChI is InChI=1S/C14H15F3N4O2S/c1-2-3-9(6-7-18)13(20)11-8-10(19)4-5-12(11)21-24(22,23)14(15,16)17/h2-8,20-21H,1,18-19H2/b7-6-,9-3+,20-13?. The molecule has 0 aliphatic carbocycles. The van der Waals surface area contributed by atoms with Crippen molar-refractivity contribution in [2.75, 3.05) is 10.5 Å². The van der Waals surface area contributed by atoms with Crippen LogP contribution in [0.4, 0.5) is 24.5 Å². The number of nitrogen functional groups attached to an aromatic ring is 1. The fourth-order valence-electron chi connectivity index (χ4n) is 1.67. The number of hydrogen-bond acceptors (Lipinski definition) is 5. The molecule has 1 aromatic carbocycles. The monoisotopic (exact) mass is 360 g/mol. The van der Waals surface area contributed by atoms with Crippen molar-refractivity contribution in [3.63, 3.8) is 0 Å². The fraction of sp³-hybridized carbons (Fsp3) is 0.0714. The van der Waals surface area contributed by atoms with Crippen molar-refractivity contribution in [3.05, 3.63) is 60.3 Å². The lowest BCUT2D eigenvalue weighted by atomic mass is 10.00. The smallest absolute Gasteiger partial charge is 0.405 e. The number of benzene rings is 1. The highest BCUT2D eigenvalue weighted by molar-refractivity contribution is 7.93. The summed E-state index contributed by atoms with van der Waals surface area (Å²) in [6, 6.07) is 3.43. The van der Waals surface area contributed by atoms with E-state index in [1.54, 1.807) is 0 Å². The lowest BCUT2D eigenvalue weighted by Crippen LogP contribution is -2.30. The summed E-state index contributed by atoms with van der Waals surface area (Å²) in [7, 11) is -5.64. The number of anilines is 2. The Bertz CT molecular complexity index is 812. The number of nitrogens with one attached hydrogen (secondary N) is 2. The highest BCUT2D eigenvalue weighted by Crippen LogP contribution is 2.29. The SMILES string of the molecule is C=C/C=C(\C=C/N)C(=N)c1cc(N)ccc1NS(=O)(=O)C(F)(F)F. The van der Waals surface area contributed by atoms with Crippen LogP contribution in [0.5, 0.6) is 0 Å². The summed E-state index contributed by atoms with van der Waals surface area (Å²) < 4.78 is 61.7. The lowest BCUT2D eigenvalue weighted by molar-refractivity contribution is -0.0429. The molecule has 0 atom stereocenters. The van der Waals surface area contributed by atoms with Gasteiger partial charge in [0.25, 0.3) is 0 Å². The maximum absolute atomic E-state index is 12.6. The first-order chi connectivity index (χ1) is 11.0. The molecule has 24 heavy (non-hydrogen) atoms. The summed E-state index contributed by atoms with van der Waals surface area (Å²) in [5.74, 6) is 0. The molecule has 0 amide bonds. The topological polar surface area (TPSA) is 122 Å². The Hall–Kier alpha value is -2.75. The van der Waals surface area contributed by atoms with Crippen molar-refractivity contribution in [3.8, 4) is 0 Å². The van der Waals surface area contributed by atoms with E-state index in [-0.39, 0.29) is 22.5 Å². The van der Waals surface area contributed by atoms with Crippen molar-refractivity contribution < 1.29 is 21.6 Å². The van der Waals surface area contributed by atoms with E-state index in [2.05, 4.69) is 6.58 Å². The van der Waals surface area contributed by atoms with E-state index < -0.39 is 21.2 Å². The molecule has 0 saturated carbocycles. The Balaban J connectivity index is 3.45. The summed E-state index contributed by atoms with van der Waals surface area (Å²) in [6.45, 7) is 3.46. The van der Waals surface area contributed by atoms with E-state index in [0.29, 0.717) is 0 Å². The van der Waals surface area contributed by atoms with Crippen LogP contribution in [0.2, 0.25) is 0 Å². The molecular weight excluding hydrogens is 345 g/mol. The average Bonchev–Trinajstić information content (AvgIpc) is 2.47. The Morgan fingerprint density at radius 2 is 1.96 bits per heavy atom. The van der Waals surface area contributed by atoms with Crippen LogP contribution in [0.25, 0.3) is 0 Å². The highest BCUT2D eigenvalue weighted by Gasteiger charge is 2.46. The number of allylic oxidation sites excluding steroid dienone is 4. The van der Waals surface area contributed by atoms with E-state index in [4.69, 9.17) is 16.9 Å². The summed E-state index contributed by atoms with van der Waals surface area (Å²) in [5.41, 5.74) is 4.82. The van der Waals surface area contributed by atoms with Gasteiger partial charge in [0.1, 0.15) is 0 Å². The molecule has 0 aromatic heterocycles. The van der Waals surface area contributed by atoms with Crippen LogP contribution in [-0.2, 0) is 10.0 Å². The third-order valence-electron chi connectivity index (χ3n) is 2.72. The van der Waals surface area contributed by atoms with Crippen molar-refractivity contribution in [2.24, 2.45) is 5.73 Å². The first kappa shape index (κ1) is 19.3. The van der Waals surface area contributed by atoms with Gasteiger partial charge >= 0.3 is 15.5 Å². The van der Waals surface area contributed by atoms with Crippen LogP contribution >= 0.6 is 0 Å². The molecule has 0 heterocycles. The molecule has 6 nitrogen and oxygen atoms in total. The molecule has 0 unspecified atom stereocenters. The molecule has 0 aliphatic rings. The highest BCUT2D eigenvalue weighted by atomic mass is 32.2. The largest absolute Gasteiger partial charge is 0.516 e.